The lowest BCUT2D eigenvalue weighted by molar-refractivity contribution is -0.670. The molecule has 44 heavy (non-hydrogen) atoms. The average Bonchev–Trinajstić information content (AvgIpc) is 3.01. The van der Waals surface area contributed by atoms with Crippen LogP contribution in [0.4, 0.5) is 28.7 Å². The van der Waals surface area contributed by atoms with E-state index in [1.165, 1.54) is 0 Å². The normalized spacial score (nSPS) is 11.1. The molecule has 5 rings (SSSR count). The minimum atomic E-state index is -0.344. The first-order valence-corrected chi connectivity index (χ1v) is 13.7. The number of rotatable bonds is 7. The average molecular weight is 588 g/mol. The zero-order chi connectivity index (χ0) is 31.2. The molecule has 2 heterocycles. The van der Waals surface area contributed by atoms with Crippen LogP contribution in [-0.2, 0) is 14.1 Å². The number of anilines is 4. The van der Waals surface area contributed by atoms with Crippen molar-refractivity contribution >= 4 is 46.4 Å². The van der Waals surface area contributed by atoms with Gasteiger partial charge >= 0.3 is 0 Å². The Morgan fingerprint density at radius 1 is 0.750 bits per heavy atom. The summed E-state index contributed by atoms with van der Waals surface area (Å²) >= 11 is 0. The van der Waals surface area contributed by atoms with Gasteiger partial charge in [-0.15, -0.1) is 0 Å². The number of aromatic nitrogens is 3. The number of hydrogen-bond acceptors (Lipinski definition) is 6. The van der Waals surface area contributed by atoms with E-state index in [1.807, 2.05) is 43.9 Å². The summed E-state index contributed by atoms with van der Waals surface area (Å²) in [6.07, 6.45) is 3.68. The number of amides is 3. The Labute approximate surface area is 253 Å². The molecular weight excluding hydrogens is 556 g/mol. The highest BCUT2D eigenvalue weighted by Gasteiger charge is 2.12. The molecular formula is C33H31N8O3+. The third kappa shape index (κ3) is 7.21. The molecule has 11 nitrogen and oxygen atoms in total. The van der Waals surface area contributed by atoms with Gasteiger partial charge in [0.15, 0.2) is 17.9 Å². The summed E-state index contributed by atoms with van der Waals surface area (Å²) in [5, 5.41) is 8.49. The lowest BCUT2D eigenvalue weighted by atomic mass is 10.1. The van der Waals surface area contributed by atoms with Crippen molar-refractivity contribution in [3.05, 3.63) is 131 Å². The Morgan fingerprint density at radius 3 is 1.73 bits per heavy atom. The van der Waals surface area contributed by atoms with Gasteiger partial charge in [-0.1, -0.05) is 0 Å². The van der Waals surface area contributed by atoms with Crippen LogP contribution in [0, 0.1) is 6.92 Å². The van der Waals surface area contributed by atoms with Gasteiger partial charge in [-0.05, 0) is 85.8 Å². The Balaban J connectivity index is 1.16. The predicted molar refractivity (Wildman–Crippen MR) is 168 cm³/mol. The van der Waals surface area contributed by atoms with Crippen LogP contribution in [0.3, 0.4) is 0 Å². The third-order valence-corrected chi connectivity index (χ3v) is 6.82. The van der Waals surface area contributed by atoms with Crippen molar-refractivity contribution < 1.29 is 19.0 Å². The first-order valence-electron chi connectivity index (χ1n) is 13.7. The topological polar surface area (TPSA) is 147 Å². The van der Waals surface area contributed by atoms with E-state index in [0.29, 0.717) is 50.9 Å². The van der Waals surface area contributed by atoms with Gasteiger partial charge in [0.2, 0.25) is 5.95 Å². The summed E-state index contributed by atoms with van der Waals surface area (Å²) in [4.78, 5) is 46.9. The lowest BCUT2D eigenvalue weighted by Gasteiger charge is -2.09. The molecule has 5 aromatic rings. The van der Waals surface area contributed by atoms with Crippen LogP contribution in [0.1, 0.15) is 36.8 Å². The summed E-state index contributed by atoms with van der Waals surface area (Å²) in [6.45, 7) is 1.92. The molecule has 0 bridgehead atoms. The first-order chi connectivity index (χ1) is 21.1. The molecule has 5 N–H and O–H groups in total. The van der Waals surface area contributed by atoms with E-state index in [4.69, 9.17) is 5.73 Å². The number of aryl methyl sites for hydroxylation is 2. The van der Waals surface area contributed by atoms with E-state index in [2.05, 4.69) is 25.9 Å². The van der Waals surface area contributed by atoms with Gasteiger partial charge in [-0.25, -0.2) is 9.56 Å². The molecule has 0 saturated carbocycles. The van der Waals surface area contributed by atoms with Crippen molar-refractivity contribution in [2.45, 2.75) is 6.92 Å². The zero-order valence-corrected chi connectivity index (χ0v) is 24.4. The molecule has 0 aliphatic carbocycles. The molecule has 0 spiro atoms. The SMILES string of the molecule is Cc1cc(=Nc2ccc(NC(=O)c3ccc(C(=O)Nc4ccc(C(=O)Nc5ccc[n+](C)c5)cc4)cc3)cc2)nc(N)n1C. The highest BCUT2D eigenvalue weighted by molar-refractivity contribution is 6.08. The van der Waals surface area contributed by atoms with E-state index >= 15 is 0 Å². The third-order valence-electron chi connectivity index (χ3n) is 6.82. The standard InChI is InChI=1S/C33H30N8O3/c1-21-19-29(39-33(34)41(21)3)35-25-14-16-27(17-15-25)37-31(43)23-8-6-22(7-9-23)30(42)36-26-12-10-24(11-13-26)32(44)38-28-5-4-18-40(2)20-28/h4-20H,1-3H3,(H4-,34,35,36,37,38,39,42,43,44)/p+1. The van der Waals surface area contributed by atoms with Gasteiger partial charge in [0.1, 0.15) is 12.7 Å². The molecule has 3 aromatic carbocycles. The van der Waals surface area contributed by atoms with Gasteiger partial charge in [-0.3, -0.25) is 14.4 Å². The van der Waals surface area contributed by atoms with Crippen molar-refractivity contribution in [3.8, 4) is 0 Å². The van der Waals surface area contributed by atoms with Crippen LogP contribution < -0.4 is 31.7 Å². The summed E-state index contributed by atoms with van der Waals surface area (Å²) in [6, 6.07) is 25.4. The molecule has 0 radical (unpaired) electrons. The maximum absolute atomic E-state index is 12.8. The number of hydrogen-bond donors (Lipinski definition) is 4. The van der Waals surface area contributed by atoms with Crippen molar-refractivity contribution in [1.29, 1.82) is 0 Å². The monoisotopic (exact) mass is 587 g/mol. The molecule has 0 fully saturated rings. The van der Waals surface area contributed by atoms with E-state index in [0.717, 1.165) is 5.69 Å². The quantitative estimate of drug-likeness (QED) is 0.212. The molecule has 220 valence electrons. The fraction of sp³-hybridized carbons (Fsp3) is 0.0909. The zero-order valence-electron chi connectivity index (χ0n) is 24.4. The second kappa shape index (κ2) is 12.8. The van der Waals surface area contributed by atoms with Gasteiger partial charge in [0.05, 0.1) is 5.69 Å². The van der Waals surface area contributed by atoms with Crippen LogP contribution >= 0.6 is 0 Å². The Hall–Kier alpha value is -6.10. The van der Waals surface area contributed by atoms with Crippen molar-refractivity contribution in [3.63, 3.8) is 0 Å². The number of nitrogens with two attached hydrogens (primary N) is 1. The van der Waals surface area contributed by atoms with Crippen molar-refractivity contribution in [2.24, 2.45) is 19.1 Å². The van der Waals surface area contributed by atoms with Crippen LogP contribution in [0.2, 0.25) is 0 Å². The van der Waals surface area contributed by atoms with Crippen molar-refractivity contribution in [2.75, 3.05) is 21.7 Å². The van der Waals surface area contributed by atoms with Gasteiger partial charge in [0.25, 0.3) is 17.7 Å². The molecule has 0 aliphatic heterocycles. The van der Waals surface area contributed by atoms with Gasteiger partial charge in [0, 0.05) is 52.9 Å². The number of nitrogens with zero attached hydrogens (tertiary/aromatic N) is 4. The van der Waals surface area contributed by atoms with Crippen molar-refractivity contribution in [1.82, 2.24) is 9.55 Å². The number of nitrogen functional groups attached to an aromatic ring is 1. The Kier molecular flexibility index (Phi) is 8.57. The summed E-state index contributed by atoms with van der Waals surface area (Å²) in [5.74, 6) is -0.553. The van der Waals surface area contributed by atoms with Gasteiger partial charge in [-0.2, -0.15) is 4.98 Å². The molecule has 0 atom stereocenters. The number of pyridine rings is 1. The van der Waals surface area contributed by atoms with E-state index in [-0.39, 0.29) is 17.7 Å². The maximum Gasteiger partial charge on any atom is 0.255 e. The van der Waals surface area contributed by atoms with Gasteiger partial charge < -0.3 is 26.3 Å². The molecule has 11 heteroatoms. The number of carbonyl (C=O) groups excluding carboxylic acids is 3. The molecule has 0 aliphatic rings. The fourth-order valence-corrected chi connectivity index (χ4v) is 4.25. The van der Waals surface area contributed by atoms with Crippen LogP contribution in [0.15, 0.2) is 108 Å². The molecule has 0 unspecified atom stereocenters. The lowest BCUT2D eigenvalue weighted by Crippen LogP contribution is -2.27. The Bertz CT molecular complexity index is 1890. The number of benzene rings is 3. The largest absolute Gasteiger partial charge is 0.369 e. The number of carbonyl (C=O) groups is 3. The first kappa shape index (κ1) is 29.4. The molecule has 0 saturated heterocycles. The summed E-state index contributed by atoms with van der Waals surface area (Å²) < 4.78 is 3.61. The van der Waals surface area contributed by atoms with E-state index in [1.54, 1.807) is 89.6 Å². The molecule has 2 aromatic heterocycles. The van der Waals surface area contributed by atoms with Crippen LogP contribution in [0.25, 0.3) is 0 Å². The van der Waals surface area contributed by atoms with E-state index in [9.17, 15) is 14.4 Å². The van der Waals surface area contributed by atoms with Crippen LogP contribution in [0.5, 0.6) is 0 Å². The highest BCUT2D eigenvalue weighted by Crippen LogP contribution is 2.18. The number of nitrogens with one attached hydrogen (secondary N) is 3. The summed E-state index contributed by atoms with van der Waals surface area (Å²) in [5.41, 5.74) is 11.0. The van der Waals surface area contributed by atoms with E-state index < -0.39 is 0 Å². The second-order valence-corrected chi connectivity index (χ2v) is 10.1. The Morgan fingerprint density at radius 2 is 1.23 bits per heavy atom. The highest BCUT2D eigenvalue weighted by atomic mass is 16.2. The smallest absolute Gasteiger partial charge is 0.255 e. The fourth-order valence-electron chi connectivity index (χ4n) is 4.25. The predicted octanol–water partition coefficient (Wildman–Crippen LogP) is 4.12. The minimum Gasteiger partial charge on any atom is -0.369 e. The minimum absolute atomic E-state index is 0.256. The summed E-state index contributed by atoms with van der Waals surface area (Å²) in [7, 11) is 3.70. The maximum atomic E-state index is 12.8. The van der Waals surface area contributed by atoms with Crippen LogP contribution in [-0.4, -0.2) is 27.3 Å². The second-order valence-electron chi connectivity index (χ2n) is 10.1. The molecule has 3 amide bonds.